The molecule has 0 unspecified atom stereocenters. The third kappa shape index (κ3) is 2.01. The van der Waals surface area contributed by atoms with Crippen molar-refractivity contribution in [2.45, 2.75) is 0 Å². The zero-order valence-electron chi connectivity index (χ0n) is 11.2. The van der Waals surface area contributed by atoms with Crippen molar-refractivity contribution in [1.29, 1.82) is 0 Å². The van der Waals surface area contributed by atoms with Crippen LogP contribution in [0.3, 0.4) is 0 Å². The highest BCUT2D eigenvalue weighted by Gasteiger charge is 2.15. The highest BCUT2D eigenvalue weighted by Crippen LogP contribution is 2.24. The number of aromatic nitrogens is 4. The Morgan fingerprint density at radius 2 is 2.18 bits per heavy atom. The predicted molar refractivity (Wildman–Crippen MR) is 82.3 cm³/mol. The molecule has 0 fully saturated rings. The van der Waals surface area contributed by atoms with Crippen LogP contribution in [0.15, 0.2) is 41.4 Å². The van der Waals surface area contributed by atoms with Gasteiger partial charge in [0.25, 0.3) is 5.88 Å². The van der Waals surface area contributed by atoms with Crippen LogP contribution >= 0.6 is 12.2 Å². The first kappa shape index (κ1) is 12.8. The molecule has 0 bridgehead atoms. The smallest absolute Gasteiger partial charge is 0.254 e. The van der Waals surface area contributed by atoms with Crippen molar-refractivity contribution in [3.63, 3.8) is 0 Å². The second kappa shape index (κ2) is 4.85. The van der Waals surface area contributed by atoms with Crippen LogP contribution in [-0.4, -0.2) is 26.5 Å². The summed E-state index contributed by atoms with van der Waals surface area (Å²) in [6, 6.07) is 8.98. The van der Waals surface area contributed by atoms with E-state index >= 15 is 0 Å². The molecule has 0 saturated heterocycles. The third-order valence-corrected chi connectivity index (χ3v) is 3.58. The predicted octanol–water partition coefficient (Wildman–Crippen LogP) is 2.21. The van der Waals surface area contributed by atoms with E-state index in [4.69, 9.17) is 21.7 Å². The summed E-state index contributed by atoms with van der Waals surface area (Å²) in [7, 11) is 0. The second-order valence-corrected chi connectivity index (χ2v) is 5.03. The van der Waals surface area contributed by atoms with Crippen LogP contribution in [0, 0.1) is 4.77 Å². The Bertz CT molecular complexity index is 1010. The van der Waals surface area contributed by atoms with Gasteiger partial charge >= 0.3 is 0 Å². The normalized spacial score (nSPS) is 13.7. The molecule has 7 nitrogen and oxygen atoms in total. The molecule has 3 heterocycles. The number of fused-ring (bicyclic) bond motifs is 1. The van der Waals surface area contributed by atoms with Gasteiger partial charge in [-0.25, -0.2) is 0 Å². The SMILES string of the molecule is O=c1cc(-c2nc(=S)n(C3=COCO3)[nH]2)c2ccccc2[nH]1. The van der Waals surface area contributed by atoms with Crippen molar-refractivity contribution >= 4 is 29.0 Å². The molecule has 1 aromatic carbocycles. The summed E-state index contributed by atoms with van der Waals surface area (Å²) < 4.78 is 12.1. The fraction of sp³-hybridized carbons (Fsp3) is 0.0714. The van der Waals surface area contributed by atoms with Gasteiger partial charge in [0.15, 0.2) is 5.82 Å². The minimum Gasteiger partial charge on any atom is -0.459 e. The first-order valence-corrected chi connectivity index (χ1v) is 6.90. The lowest BCUT2D eigenvalue weighted by molar-refractivity contribution is 0.0950. The standard InChI is InChI=1S/C14H10N4O3S/c19-11-5-9(8-3-1-2-4-10(8)15-11)13-16-14(22)18(17-13)12-6-20-7-21-12/h1-6H,7H2,(H,15,19)(H,16,17,22). The molecular formula is C14H10N4O3S. The van der Waals surface area contributed by atoms with Crippen LogP contribution in [0.5, 0.6) is 0 Å². The Labute approximate surface area is 128 Å². The van der Waals surface area contributed by atoms with Crippen molar-refractivity contribution in [3.8, 4) is 11.4 Å². The Morgan fingerprint density at radius 3 is 3.00 bits per heavy atom. The number of hydrogen-bond donors (Lipinski definition) is 2. The van der Waals surface area contributed by atoms with Gasteiger partial charge in [0.2, 0.25) is 17.1 Å². The van der Waals surface area contributed by atoms with Gasteiger partial charge in [-0.1, -0.05) is 18.2 Å². The summed E-state index contributed by atoms with van der Waals surface area (Å²) in [5, 5.41) is 3.91. The molecule has 0 atom stereocenters. The van der Waals surface area contributed by atoms with Gasteiger partial charge in [-0.05, 0) is 18.3 Å². The summed E-state index contributed by atoms with van der Waals surface area (Å²) in [6.45, 7) is 0.138. The molecule has 4 rings (SSSR count). The molecule has 0 amide bonds. The number of hydrogen-bond acceptors (Lipinski definition) is 5. The van der Waals surface area contributed by atoms with E-state index in [1.165, 1.54) is 17.0 Å². The van der Waals surface area contributed by atoms with Crippen LogP contribution < -0.4 is 5.56 Å². The van der Waals surface area contributed by atoms with Gasteiger partial charge in [-0.2, -0.15) is 9.67 Å². The van der Waals surface area contributed by atoms with E-state index in [0.29, 0.717) is 17.3 Å². The van der Waals surface area contributed by atoms with E-state index in [0.717, 1.165) is 10.9 Å². The summed E-state index contributed by atoms with van der Waals surface area (Å²) in [5.74, 6) is 0.918. The van der Waals surface area contributed by atoms with Crippen LogP contribution in [0.1, 0.15) is 0 Å². The minimum atomic E-state index is -0.206. The summed E-state index contributed by atoms with van der Waals surface area (Å²) >= 11 is 5.22. The molecule has 110 valence electrons. The number of H-pyrrole nitrogens is 2. The molecular weight excluding hydrogens is 304 g/mol. The average Bonchev–Trinajstić information content (AvgIpc) is 3.15. The van der Waals surface area contributed by atoms with Gasteiger partial charge in [0.1, 0.15) is 6.26 Å². The van der Waals surface area contributed by atoms with Crippen LogP contribution in [-0.2, 0) is 9.47 Å². The average molecular weight is 314 g/mol. The molecule has 0 radical (unpaired) electrons. The van der Waals surface area contributed by atoms with Crippen LogP contribution in [0.25, 0.3) is 28.2 Å². The Morgan fingerprint density at radius 1 is 1.32 bits per heavy atom. The number of para-hydroxylation sites is 1. The summed E-state index contributed by atoms with van der Waals surface area (Å²) in [4.78, 5) is 18.9. The van der Waals surface area contributed by atoms with Gasteiger partial charge in [0, 0.05) is 22.5 Å². The molecule has 0 spiro atoms. The fourth-order valence-corrected chi connectivity index (χ4v) is 2.57. The number of ether oxygens (including phenoxy) is 2. The van der Waals surface area contributed by atoms with E-state index in [9.17, 15) is 4.79 Å². The monoisotopic (exact) mass is 314 g/mol. The first-order valence-electron chi connectivity index (χ1n) is 6.49. The molecule has 1 aliphatic rings. The number of nitrogens with zero attached hydrogens (tertiary/aromatic N) is 2. The second-order valence-electron chi connectivity index (χ2n) is 4.67. The Kier molecular flexibility index (Phi) is 2.83. The van der Waals surface area contributed by atoms with E-state index in [1.807, 2.05) is 24.3 Å². The lowest BCUT2D eigenvalue weighted by Crippen LogP contribution is -2.05. The summed E-state index contributed by atoms with van der Waals surface area (Å²) in [5.41, 5.74) is 1.20. The maximum Gasteiger partial charge on any atom is 0.254 e. The van der Waals surface area contributed by atoms with E-state index < -0.39 is 0 Å². The fourth-order valence-electron chi connectivity index (χ4n) is 2.35. The van der Waals surface area contributed by atoms with Crippen LogP contribution in [0.2, 0.25) is 0 Å². The Balaban J connectivity index is 1.95. The van der Waals surface area contributed by atoms with Crippen molar-refractivity contribution < 1.29 is 9.47 Å². The molecule has 22 heavy (non-hydrogen) atoms. The molecule has 3 aromatic rings. The number of rotatable bonds is 2. The number of aromatic amines is 2. The van der Waals surface area contributed by atoms with Crippen molar-refractivity contribution in [2.24, 2.45) is 0 Å². The molecule has 1 aliphatic heterocycles. The lowest BCUT2D eigenvalue weighted by atomic mass is 10.1. The third-order valence-electron chi connectivity index (χ3n) is 3.30. The quantitative estimate of drug-likeness (QED) is 0.708. The van der Waals surface area contributed by atoms with E-state index in [-0.39, 0.29) is 17.1 Å². The lowest BCUT2D eigenvalue weighted by Gasteiger charge is -2.03. The van der Waals surface area contributed by atoms with E-state index in [2.05, 4.69) is 15.1 Å². The zero-order chi connectivity index (χ0) is 15.1. The molecule has 0 aliphatic carbocycles. The van der Waals surface area contributed by atoms with Gasteiger partial charge < -0.3 is 14.5 Å². The van der Waals surface area contributed by atoms with Crippen LogP contribution in [0.4, 0.5) is 0 Å². The van der Waals surface area contributed by atoms with Gasteiger partial charge in [-0.3, -0.25) is 9.89 Å². The first-order chi connectivity index (χ1) is 10.7. The van der Waals surface area contributed by atoms with Gasteiger partial charge in [-0.15, -0.1) is 0 Å². The topological polar surface area (TPSA) is 84.9 Å². The molecule has 8 heteroatoms. The highest BCUT2D eigenvalue weighted by molar-refractivity contribution is 7.71. The molecule has 0 saturated carbocycles. The van der Waals surface area contributed by atoms with Crippen molar-refractivity contribution in [1.82, 2.24) is 19.7 Å². The Hall–Kier alpha value is -2.87. The number of nitrogens with one attached hydrogen (secondary N) is 2. The minimum absolute atomic E-state index is 0.138. The number of pyridine rings is 1. The zero-order valence-corrected chi connectivity index (χ0v) is 12.0. The highest BCUT2D eigenvalue weighted by atomic mass is 32.1. The summed E-state index contributed by atoms with van der Waals surface area (Å²) in [6.07, 6.45) is 1.45. The molecule has 2 aromatic heterocycles. The molecule has 2 N–H and O–H groups in total. The van der Waals surface area contributed by atoms with E-state index in [1.54, 1.807) is 0 Å². The van der Waals surface area contributed by atoms with Crippen molar-refractivity contribution in [2.75, 3.05) is 6.79 Å². The maximum atomic E-state index is 11.8. The van der Waals surface area contributed by atoms with Crippen molar-refractivity contribution in [3.05, 3.63) is 51.7 Å². The maximum absolute atomic E-state index is 11.8. The largest absolute Gasteiger partial charge is 0.459 e. The number of benzene rings is 1. The van der Waals surface area contributed by atoms with Gasteiger partial charge in [0.05, 0.1) is 0 Å².